The SMILES string of the molecule is [C-]#[N+]c1nc(N2CCC3(CC2)Oc2ccccc2C3=O)nc(C)c1-c1cccc(Cl)c1Cl. The van der Waals surface area contributed by atoms with Crippen LogP contribution in [0.1, 0.15) is 28.9 Å². The number of para-hydroxylation sites is 1. The molecule has 0 bridgehead atoms. The number of halogens is 2. The highest BCUT2D eigenvalue weighted by molar-refractivity contribution is 6.43. The quantitative estimate of drug-likeness (QED) is 0.440. The minimum atomic E-state index is -0.827. The second-order valence-electron chi connectivity index (χ2n) is 7.93. The van der Waals surface area contributed by atoms with E-state index in [4.69, 9.17) is 34.5 Å². The first-order valence-electron chi connectivity index (χ1n) is 10.2. The number of ether oxygens (including phenoxy) is 1. The van der Waals surface area contributed by atoms with Gasteiger partial charge in [-0.05, 0) is 30.7 Å². The summed E-state index contributed by atoms with van der Waals surface area (Å²) in [6, 6.07) is 12.7. The number of aromatic nitrogens is 2. The van der Waals surface area contributed by atoms with E-state index in [1.807, 2.05) is 36.1 Å². The number of hydrogen-bond donors (Lipinski definition) is 0. The molecule has 0 aliphatic carbocycles. The molecule has 2 aliphatic rings. The van der Waals surface area contributed by atoms with Gasteiger partial charge in [-0.1, -0.05) is 59.0 Å². The first-order chi connectivity index (χ1) is 15.4. The number of Topliss-reactive ketones (excluding diaryl/α,β-unsaturated/α-hetero) is 1. The van der Waals surface area contributed by atoms with E-state index in [0.29, 0.717) is 70.1 Å². The fourth-order valence-corrected chi connectivity index (χ4v) is 4.82. The van der Waals surface area contributed by atoms with Crippen LogP contribution in [0, 0.1) is 13.5 Å². The molecule has 5 rings (SSSR count). The number of rotatable bonds is 2. The summed E-state index contributed by atoms with van der Waals surface area (Å²) >= 11 is 12.6. The number of carbonyl (C=O) groups excluding carboxylic acids is 1. The minimum absolute atomic E-state index is 0.0395. The maximum Gasteiger partial charge on any atom is 0.322 e. The summed E-state index contributed by atoms with van der Waals surface area (Å²) in [6.45, 7) is 10.6. The van der Waals surface area contributed by atoms with Gasteiger partial charge in [0.2, 0.25) is 5.78 Å². The summed E-state index contributed by atoms with van der Waals surface area (Å²) in [7, 11) is 0. The number of benzene rings is 2. The fourth-order valence-electron chi connectivity index (χ4n) is 4.42. The van der Waals surface area contributed by atoms with Crippen LogP contribution in [0.15, 0.2) is 42.5 Å². The van der Waals surface area contributed by atoms with Crippen LogP contribution in [0.5, 0.6) is 5.75 Å². The monoisotopic (exact) mass is 464 g/mol. The first kappa shape index (κ1) is 20.7. The summed E-state index contributed by atoms with van der Waals surface area (Å²) < 4.78 is 6.11. The van der Waals surface area contributed by atoms with Crippen molar-refractivity contribution in [3.05, 3.63) is 75.2 Å². The van der Waals surface area contributed by atoms with Crippen molar-refractivity contribution in [2.75, 3.05) is 18.0 Å². The molecule has 2 aromatic carbocycles. The van der Waals surface area contributed by atoms with Gasteiger partial charge in [0.25, 0.3) is 5.82 Å². The van der Waals surface area contributed by atoms with Gasteiger partial charge >= 0.3 is 5.95 Å². The molecule has 3 aromatic rings. The average molecular weight is 465 g/mol. The highest BCUT2D eigenvalue weighted by atomic mass is 35.5. The van der Waals surface area contributed by atoms with E-state index in [1.165, 1.54) is 0 Å². The summed E-state index contributed by atoms with van der Waals surface area (Å²) in [5.41, 5.74) is 1.67. The first-order valence-corrected chi connectivity index (χ1v) is 11.0. The average Bonchev–Trinajstić information content (AvgIpc) is 3.07. The number of hydrogen-bond acceptors (Lipinski definition) is 5. The van der Waals surface area contributed by atoms with Crippen LogP contribution in [-0.2, 0) is 0 Å². The Morgan fingerprint density at radius 1 is 1.06 bits per heavy atom. The molecule has 1 saturated heterocycles. The molecule has 160 valence electrons. The molecule has 2 aliphatic heterocycles. The zero-order valence-corrected chi connectivity index (χ0v) is 18.7. The van der Waals surface area contributed by atoms with Gasteiger partial charge in [0.05, 0.1) is 15.6 Å². The maximum atomic E-state index is 13.0. The predicted molar refractivity (Wildman–Crippen MR) is 124 cm³/mol. The molecule has 1 fully saturated rings. The van der Waals surface area contributed by atoms with Gasteiger partial charge in [0, 0.05) is 37.2 Å². The van der Waals surface area contributed by atoms with Gasteiger partial charge in [-0.15, -0.1) is 0 Å². The molecule has 3 heterocycles. The summed E-state index contributed by atoms with van der Waals surface area (Å²) in [6.07, 6.45) is 1.05. The highest BCUT2D eigenvalue weighted by Gasteiger charge is 2.50. The smallest absolute Gasteiger partial charge is 0.322 e. The molecule has 0 amide bonds. The Balaban J connectivity index is 1.43. The second-order valence-corrected chi connectivity index (χ2v) is 8.71. The van der Waals surface area contributed by atoms with Crippen LogP contribution in [0.3, 0.4) is 0 Å². The lowest BCUT2D eigenvalue weighted by atomic mass is 9.86. The standard InChI is InChI=1S/C24H18Cl2N4O2/c1-14-19(16-7-5-8-17(25)20(16)26)22(27-2)29-23(28-14)30-12-10-24(11-13-30)21(31)15-6-3-4-9-18(15)32-24/h3-9H,10-13H2,1H3. The number of fused-ring (bicyclic) bond motifs is 1. The van der Waals surface area contributed by atoms with Crippen LogP contribution in [0.2, 0.25) is 10.0 Å². The van der Waals surface area contributed by atoms with Crippen molar-refractivity contribution in [3.63, 3.8) is 0 Å². The van der Waals surface area contributed by atoms with E-state index >= 15 is 0 Å². The van der Waals surface area contributed by atoms with Crippen LogP contribution in [-0.4, -0.2) is 34.4 Å². The van der Waals surface area contributed by atoms with E-state index in [0.717, 1.165) is 0 Å². The molecular weight excluding hydrogens is 447 g/mol. The zero-order chi connectivity index (χ0) is 22.5. The number of aryl methyl sites for hydroxylation is 1. The third kappa shape index (κ3) is 3.21. The maximum absolute atomic E-state index is 13.0. The van der Waals surface area contributed by atoms with Crippen LogP contribution >= 0.6 is 23.2 Å². The van der Waals surface area contributed by atoms with Crippen molar-refractivity contribution in [1.82, 2.24) is 9.97 Å². The van der Waals surface area contributed by atoms with Crippen LogP contribution < -0.4 is 9.64 Å². The minimum Gasteiger partial charge on any atom is -0.478 e. The van der Waals surface area contributed by atoms with E-state index in [-0.39, 0.29) is 11.6 Å². The summed E-state index contributed by atoms with van der Waals surface area (Å²) in [5, 5.41) is 0.780. The number of ketones is 1. The Bertz CT molecular complexity index is 1290. The Labute approximate surface area is 195 Å². The molecular formula is C24H18Cl2N4O2. The van der Waals surface area contributed by atoms with E-state index < -0.39 is 5.60 Å². The molecule has 0 saturated carbocycles. The zero-order valence-electron chi connectivity index (χ0n) is 17.2. The lowest BCUT2D eigenvalue weighted by molar-refractivity contribution is 0.0453. The fraction of sp³-hybridized carbons (Fsp3) is 0.250. The van der Waals surface area contributed by atoms with Gasteiger partial charge in [-0.2, -0.15) is 4.98 Å². The second kappa shape index (κ2) is 7.77. The Hall–Kier alpha value is -3.14. The van der Waals surface area contributed by atoms with Crippen molar-refractivity contribution in [3.8, 4) is 16.9 Å². The topological polar surface area (TPSA) is 59.7 Å². The lowest BCUT2D eigenvalue weighted by Crippen LogP contribution is -2.51. The Morgan fingerprint density at radius 2 is 1.78 bits per heavy atom. The normalized spacial score (nSPS) is 16.6. The number of carbonyl (C=O) groups is 1. The lowest BCUT2D eigenvalue weighted by Gasteiger charge is -2.36. The van der Waals surface area contributed by atoms with Gasteiger partial charge in [0.15, 0.2) is 5.60 Å². The van der Waals surface area contributed by atoms with E-state index in [2.05, 4.69) is 14.8 Å². The number of piperidine rings is 1. The molecule has 1 spiro atoms. The molecule has 32 heavy (non-hydrogen) atoms. The predicted octanol–water partition coefficient (Wildman–Crippen LogP) is 5.92. The Kier molecular flexibility index (Phi) is 5.04. The molecule has 0 unspecified atom stereocenters. The van der Waals surface area contributed by atoms with Gasteiger partial charge < -0.3 is 14.5 Å². The molecule has 0 atom stereocenters. The molecule has 1 aromatic heterocycles. The van der Waals surface area contributed by atoms with Crippen molar-refractivity contribution >= 4 is 40.8 Å². The Morgan fingerprint density at radius 3 is 2.50 bits per heavy atom. The molecule has 0 radical (unpaired) electrons. The summed E-state index contributed by atoms with van der Waals surface area (Å²) in [5.74, 6) is 1.37. The van der Waals surface area contributed by atoms with Crippen LogP contribution in [0.25, 0.3) is 16.0 Å². The molecule has 6 nitrogen and oxygen atoms in total. The van der Waals surface area contributed by atoms with E-state index in [9.17, 15) is 4.79 Å². The third-order valence-corrected chi connectivity index (χ3v) is 6.91. The van der Waals surface area contributed by atoms with Crippen molar-refractivity contribution in [2.24, 2.45) is 0 Å². The highest BCUT2D eigenvalue weighted by Crippen LogP contribution is 2.43. The number of anilines is 1. The van der Waals surface area contributed by atoms with Gasteiger partial charge in [-0.3, -0.25) is 4.79 Å². The van der Waals surface area contributed by atoms with Gasteiger partial charge in [-0.25, -0.2) is 0 Å². The third-order valence-electron chi connectivity index (χ3n) is 6.09. The molecule has 0 N–H and O–H groups in total. The number of nitrogens with zero attached hydrogens (tertiary/aromatic N) is 4. The molecule has 8 heteroatoms. The van der Waals surface area contributed by atoms with E-state index in [1.54, 1.807) is 18.2 Å². The van der Waals surface area contributed by atoms with Crippen LogP contribution in [0.4, 0.5) is 11.8 Å². The van der Waals surface area contributed by atoms with Crippen molar-refractivity contribution in [2.45, 2.75) is 25.4 Å². The van der Waals surface area contributed by atoms with Crippen molar-refractivity contribution < 1.29 is 9.53 Å². The van der Waals surface area contributed by atoms with Gasteiger partial charge in [0.1, 0.15) is 5.75 Å². The van der Waals surface area contributed by atoms with Crippen molar-refractivity contribution in [1.29, 1.82) is 0 Å². The summed E-state index contributed by atoms with van der Waals surface area (Å²) in [4.78, 5) is 27.8. The largest absolute Gasteiger partial charge is 0.478 e.